The van der Waals surface area contributed by atoms with E-state index in [4.69, 9.17) is 0 Å². The number of hydrogen-bond donors (Lipinski definition) is 2. The topological polar surface area (TPSA) is 86.7 Å². The number of aryl methyl sites for hydroxylation is 2. The zero-order chi connectivity index (χ0) is 26.2. The van der Waals surface area contributed by atoms with E-state index < -0.39 is 16.1 Å². The summed E-state index contributed by atoms with van der Waals surface area (Å²) in [5.74, 6) is -0.109. The number of aromatic nitrogens is 1. The molecule has 198 valence electrons. The van der Waals surface area contributed by atoms with E-state index in [0.29, 0.717) is 18.0 Å². The largest absolute Gasteiger partial charge is 0.369 e. The maximum atomic E-state index is 13.4. The van der Waals surface area contributed by atoms with E-state index in [0.717, 1.165) is 78.8 Å². The van der Waals surface area contributed by atoms with Crippen LogP contribution >= 0.6 is 0 Å². The number of benzene rings is 2. The Morgan fingerprint density at radius 1 is 0.946 bits per heavy atom. The summed E-state index contributed by atoms with van der Waals surface area (Å²) < 4.78 is 30.0. The third-order valence-corrected chi connectivity index (χ3v) is 9.61. The van der Waals surface area contributed by atoms with Gasteiger partial charge in [-0.1, -0.05) is 12.5 Å². The summed E-state index contributed by atoms with van der Waals surface area (Å²) in [6, 6.07) is 11.0. The molecule has 2 saturated heterocycles. The molecule has 1 amide bonds. The average molecular weight is 524 g/mol. The van der Waals surface area contributed by atoms with Crippen molar-refractivity contribution in [2.75, 3.05) is 49.5 Å². The van der Waals surface area contributed by atoms with Gasteiger partial charge in [-0.2, -0.15) is 4.31 Å². The molecule has 0 radical (unpaired) electrons. The number of sulfonamides is 1. The Balaban J connectivity index is 1.38. The van der Waals surface area contributed by atoms with Gasteiger partial charge in [-0.3, -0.25) is 4.79 Å². The first-order valence-corrected chi connectivity index (χ1v) is 14.7. The number of rotatable bonds is 6. The Morgan fingerprint density at radius 2 is 1.68 bits per heavy atom. The maximum absolute atomic E-state index is 13.4. The van der Waals surface area contributed by atoms with Gasteiger partial charge in [0, 0.05) is 67.7 Å². The minimum Gasteiger partial charge on any atom is -0.369 e. The van der Waals surface area contributed by atoms with Crippen molar-refractivity contribution >= 4 is 38.2 Å². The van der Waals surface area contributed by atoms with Gasteiger partial charge in [0.1, 0.15) is 6.04 Å². The minimum absolute atomic E-state index is 0.109. The molecule has 9 heteroatoms. The second kappa shape index (κ2) is 10.5. The number of nitrogens with one attached hydrogen (secondary N) is 2. The van der Waals surface area contributed by atoms with Crippen LogP contribution in [0.15, 0.2) is 47.5 Å². The summed E-state index contributed by atoms with van der Waals surface area (Å²) in [5.41, 5.74) is 4.74. The number of amides is 1. The van der Waals surface area contributed by atoms with Crippen molar-refractivity contribution in [3.8, 4) is 0 Å². The number of piperidine rings is 1. The highest BCUT2D eigenvalue weighted by Crippen LogP contribution is 2.30. The Bertz CT molecular complexity index is 1400. The summed E-state index contributed by atoms with van der Waals surface area (Å²) in [6.07, 6.45) is 4.82. The second-order valence-corrected chi connectivity index (χ2v) is 12.2. The van der Waals surface area contributed by atoms with Crippen molar-refractivity contribution in [1.82, 2.24) is 14.2 Å². The van der Waals surface area contributed by atoms with E-state index in [1.54, 1.807) is 16.4 Å². The highest BCUT2D eigenvalue weighted by atomic mass is 32.2. The summed E-state index contributed by atoms with van der Waals surface area (Å²) in [4.78, 5) is 16.0. The monoisotopic (exact) mass is 523 g/mol. The summed E-state index contributed by atoms with van der Waals surface area (Å²) in [6.45, 7) is 10.8. The van der Waals surface area contributed by atoms with Crippen LogP contribution in [-0.4, -0.2) is 62.5 Å². The molecule has 37 heavy (non-hydrogen) atoms. The standard InChI is InChI=1S/C28H37N5O3S/c1-20-7-8-23(31-15-11-29-12-16-31)17-26(20)30-28(34)22(3)33-19-21(2)25-18-24(9-10-27(25)33)37(35,36)32-13-5-4-6-14-32/h7-10,17-19,22,29H,4-6,11-16H2,1-3H3,(H,30,34). The Kier molecular flexibility index (Phi) is 7.29. The van der Waals surface area contributed by atoms with Crippen molar-refractivity contribution < 1.29 is 13.2 Å². The van der Waals surface area contributed by atoms with Crippen LogP contribution in [0.25, 0.3) is 10.9 Å². The van der Waals surface area contributed by atoms with Gasteiger partial charge in [-0.15, -0.1) is 0 Å². The predicted molar refractivity (Wildman–Crippen MR) is 149 cm³/mol. The van der Waals surface area contributed by atoms with Gasteiger partial charge in [0.15, 0.2) is 0 Å². The molecule has 3 heterocycles. The summed E-state index contributed by atoms with van der Waals surface area (Å²) in [5, 5.41) is 7.36. The number of anilines is 2. The lowest BCUT2D eigenvalue weighted by Crippen LogP contribution is -2.43. The fraction of sp³-hybridized carbons (Fsp3) is 0.464. The first-order valence-electron chi connectivity index (χ1n) is 13.2. The molecule has 0 spiro atoms. The van der Waals surface area contributed by atoms with Crippen LogP contribution in [-0.2, 0) is 14.8 Å². The number of carbonyl (C=O) groups excluding carboxylic acids is 1. The first-order chi connectivity index (χ1) is 17.8. The number of piperazine rings is 1. The maximum Gasteiger partial charge on any atom is 0.247 e. The molecule has 1 aromatic heterocycles. The normalized spacial score (nSPS) is 18.2. The fourth-order valence-electron chi connectivity index (χ4n) is 5.37. The molecule has 8 nitrogen and oxygen atoms in total. The average Bonchev–Trinajstić information content (AvgIpc) is 3.26. The molecule has 2 aromatic carbocycles. The summed E-state index contributed by atoms with van der Waals surface area (Å²) >= 11 is 0. The molecule has 2 aliphatic heterocycles. The Labute approximate surface area is 219 Å². The van der Waals surface area contributed by atoms with Gasteiger partial charge in [-0.05, 0) is 75.1 Å². The van der Waals surface area contributed by atoms with Crippen LogP contribution < -0.4 is 15.5 Å². The van der Waals surface area contributed by atoms with Crippen LogP contribution in [0.4, 0.5) is 11.4 Å². The lowest BCUT2D eigenvalue weighted by atomic mass is 10.1. The highest BCUT2D eigenvalue weighted by Gasteiger charge is 2.27. The van der Waals surface area contributed by atoms with Gasteiger partial charge in [0.2, 0.25) is 15.9 Å². The van der Waals surface area contributed by atoms with Gasteiger partial charge in [0.25, 0.3) is 0 Å². The van der Waals surface area contributed by atoms with Crippen LogP contribution in [0.1, 0.15) is 43.4 Å². The zero-order valence-electron chi connectivity index (χ0n) is 22.0. The SMILES string of the molecule is Cc1ccc(N2CCNCC2)cc1NC(=O)C(C)n1cc(C)c2cc(S(=O)(=O)N3CCCCC3)ccc21. The van der Waals surface area contributed by atoms with E-state index in [-0.39, 0.29) is 5.91 Å². The molecule has 3 aromatic rings. The van der Waals surface area contributed by atoms with Crippen LogP contribution in [0.2, 0.25) is 0 Å². The van der Waals surface area contributed by atoms with Crippen molar-refractivity contribution in [3.63, 3.8) is 0 Å². The molecular formula is C28H37N5O3S. The van der Waals surface area contributed by atoms with Crippen molar-refractivity contribution in [2.45, 2.75) is 51.0 Å². The van der Waals surface area contributed by atoms with E-state index in [9.17, 15) is 13.2 Å². The predicted octanol–water partition coefficient (Wildman–Crippen LogP) is 4.04. The van der Waals surface area contributed by atoms with Gasteiger partial charge in [-0.25, -0.2) is 8.42 Å². The van der Waals surface area contributed by atoms with E-state index in [2.05, 4.69) is 33.7 Å². The molecule has 2 N–H and O–H groups in total. The molecule has 0 saturated carbocycles. The fourth-order valence-corrected chi connectivity index (χ4v) is 6.91. The van der Waals surface area contributed by atoms with Gasteiger partial charge >= 0.3 is 0 Å². The van der Waals surface area contributed by atoms with Gasteiger partial charge in [0.05, 0.1) is 4.90 Å². The molecule has 1 atom stereocenters. The van der Waals surface area contributed by atoms with Gasteiger partial charge < -0.3 is 20.1 Å². The van der Waals surface area contributed by atoms with Crippen LogP contribution in [0.5, 0.6) is 0 Å². The lowest BCUT2D eigenvalue weighted by Gasteiger charge is -2.30. The number of nitrogens with zero attached hydrogens (tertiary/aromatic N) is 3. The second-order valence-electron chi connectivity index (χ2n) is 10.3. The highest BCUT2D eigenvalue weighted by molar-refractivity contribution is 7.89. The molecule has 1 unspecified atom stereocenters. The number of hydrogen-bond acceptors (Lipinski definition) is 5. The molecular weight excluding hydrogens is 486 g/mol. The third kappa shape index (κ3) is 5.12. The molecule has 2 fully saturated rings. The van der Waals surface area contributed by atoms with E-state index in [1.165, 1.54) is 0 Å². The van der Waals surface area contributed by atoms with Crippen molar-refractivity contribution in [3.05, 3.63) is 53.7 Å². The quantitative estimate of drug-likeness (QED) is 0.509. The zero-order valence-corrected chi connectivity index (χ0v) is 22.8. The smallest absolute Gasteiger partial charge is 0.247 e. The molecule has 2 aliphatic rings. The van der Waals surface area contributed by atoms with Crippen LogP contribution in [0, 0.1) is 13.8 Å². The first kappa shape index (κ1) is 25.8. The lowest BCUT2D eigenvalue weighted by molar-refractivity contribution is -0.118. The van der Waals surface area contributed by atoms with E-state index >= 15 is 0 Å². The summed E-state index contributed by atoms with van der Waals surface area (Å²) in [7, 11) is -3.52. The number of carbonyl (C=O) groups is 1. The Hall–Kier alpha value is -2.88. The Morgan fingerprint density at radius 3 is 2.41 bits per heavy atom. The molecule has 0 aliphatic carbocycles. The van der Waals surface area contributed by atoms with Crippen LogP contribution in [0.3, 0.4) is 0 Å². The minimum atomic E-state index is -3.52. The number of fused-ring (bicyclic) bond motifs is 1. The molecule has 0 bridgehead atoms. The third-order valence-electron chi connectivity index (χ3n) is 7.71. The van der Waals surface area contributed by atoms with Crippen molar-refractivity contribution in [2.24, 2.45) is 0 Å². The molecule has 5 rings (SSSR count). The van der Waals surface area contributed by atoms with E-state index in [1.807, 2.05) is 37.6 Å². The van der Waals surface area contributed by atoms with Crippen molar-refractivity contribution in [1.29, 1.82) is 0 Å².